The number of aryl methyl sites for hydroxylation is 1. The van der Waals surface area contributed by atoms with E-state index in [0.717, 1.165) is 64.5 Å². The second-order valence-corrected chi connectivity index (χ2v) is 12.1. The standard InChI is InChI=1S/C27H31N3O7S3/c1-35-12-11-30-18-10-9-16(25(33)36-2)13-20(18)40-27(30)29-22(32)15-38-14-21(31)28-24-23(26(34)37-3)17-7-5-4-6-8-19(17)39-24/h9-10,13H,4-8,11-12,14-15H2,1-3H3,(H,28,31). The number of benzene rings is 1. The molecule has 3 aromatic rings. The van der Waals surface area contributed by atoms with E-state index < -0.39 is 11.9 Å². The predicted molar refractivity (Wildman–Crippen MR) is 156 cm³/mol. The maximum Gasteiger partial charge on any atom is 0.341 e. The van der Waals surface area contributed by atoms with E-state index >= 15 is 0 Å². The molecule has 2 amide bonds. The number of nitrogens with zero attached hydrogens (tertiary/aromatic N) is 2. The van der Waals surface area contributed by atoms with Crippen LogP contribution in [0.25, 0.3) is 10.2 Å². The van der Waals surface area contributed by atoms with Gasteiger partial charge in [-0.1, -0.05) is 17.8 Å². The third-order valence-electron chi connectivity index (χ3n) is 6.37. The Labute approximate surface area is 243 Å². The molecule has 0 saturated heterocycles. The Balaban J connectivity index is 1.44. The fourth-order valence-electron chi connectivity index (χ4n) is 4.48. The van der Waals surface area contributed by atoms with Crippen molar-refractivity contribution >= 4 is 73.4 Å². The number of thioether (sulfide) groups is 1. The normalized spacial score (nSPS) is 13.5. The summed E-state index contributed by atoms with van der Waals surface area (Å²) in [6, 6.07) is 5.18. The molecule has 4 rings (SSSR count). The number of ether oxygens (including phenoxy) is 3. The average Bonchev–Trinajstić information content (AvgIpc) is 3.36. The number of thiophene rings is 1. The number of amides is 2. The number of hydrogen-bond acceptors (Lipinski definition) is 10. The molecule has 214 valence electrons. The smallest absolute Gasteiger partial charge is 0.341 e. The molecule has 1 aromatic carbocycles. The van der Waals surface area contributed by atoms with Crippen LogP contribution in [0.3, 0.4) is 0 Å². The van der Waals surface area contributed by atoms with Gasteiger partial charge in [0.1, 0.15) is 5.00 Å². The van der Waals surface area contributed by atoms with Crippen molar-refractivity contribution in [3.63, 3.8) is 0 Å². The van der Waals surface area contributed by atoms with Crippen molar-refractivity contribution < 1.29 is 33.4 Å². The van der Waals surface area contributed by atoms with Crippen molar-refractivity contribution in [3.05, 3.63) is 44.6 Å². The summed E-state index contributed by atoms with van der Waals surface area (Å²) in [5.74, 6) is -1.54. The SMILES string of the molecule is COCCn1c(=NC(=O)CSCC(=O)Nc2sc3c(c2C(=O)OC)CCCCC3)sc2cc(C(=O)OC)ccc21. The summed E-state index contributed by atoms with van der Waals surface area (Å²) >= 11 is 3.87. The van der Waals surface area contributed by atoms with Gasteiger partial charge in [0, 0.05) is 18.5 Å². The van der Waals surface area contributed by atoms with Gasteiger partial charge in [0.05, 0.1) is 53.7 Å². The highest BCUT2D eigenvalue weighted by Crippen LogP contribution is 2.38. The van der Waals surface area contributed by atoms with Crippen LogP contribution >= 0.6 is 34.4 Å². The topological polar surface area (TPSA) is 125 Å². The zero-order valence-corrected chi connectivity index (χ0v) is 25.0. The van der Waals surface area contributed by atoms with Gasteiger partial charge >= 0.3 is 11.9 Å². The first kappa shape index (κ1) is 30.0. The molecule has 13 heteroatoms. The molecule has 1 aliphatic carbocycles. The first-order valence-corrected chi connectivity index (χ1v) is 15.5. The summed E-state index contributed by atoms with van der Waals surface area (Å²) < 4.78 is 17.7. The van der Waals surface area contributed by atoms with Crippen molar-refractivity contribution in [2.45, 2.75) is 38.6 Å². The summed E-state index contributed by atoms with van der Waals surface area (Å²) in [5, 5.41) is 3.37. The van der Waals surface area contributed by atoms with Crippen molar-refractivity contribution in [2.24, 2.45) is 4.99 Å². The summed E-state index contributed by atoms with van der Waals surface area (Å²) in [7, 11) is 4.26. The second-order valence-electron chi connectivity index (χ2n) is 9.01. The fraction of sp³-hybridized carbons (Fsp3) is 0.444. The highest BCUT2D eigenvalue weighted by molar-refractivity contribution is 8.00. The highest BCUT2D eigenvalue weighted by atomic mass is 32.2. The van der Waals surface area contributed by atoms with Crippen molar-refractivity contribution in [3.8, 4) is 0 Å². The summed E-state index contributed by atoms with van der Waals surface area (Å²) in [6.07, 6.45) is 4.85. The van der Waals surface area contributed by atoms with Gasteiger partial charge < -0.3 is 24.1 Å². The van der Waals surface area contributed by atoms with E-state index in [4.69, 9.17) is 14.2 Å². The quantitative estimate of drug-likeness (QED) is 0.271. The van der Waals surface area contributed by atoms with E-state index in [1.165, 1.54) is 36.9 Å². The molecule has 1 N–H and O–H groups in total. The molecule has 0 saturated carbocycles. The van der Waals surface area contributed by atoms with E-state index in [1.54, 1.807) is 25.3 Å². The van der Waals surface area contributed by atoms with Crippen LogP contribution in [-0.2, 0) is 43.2 Å². The number of nitrogens with one attached hydrogen (secondary N) is 1. The van der Waals surface area contributed by atoms with Crippen LogP contribution in [-0.4, -0.2) is 67.8 Å². The van der Waals surface area contributed by atoms with E-state index in [0.29, 0.717) is 34.1 Å². The maximum atomic E-state index is 12.7. The highest BCUT2D eigenvalue weighted by Gasteiger charge is 2.26. The Morgan fingerprint density at radius 2 is 1.77 bits per heavy atom. The Kier molecular flexibility index (Phi) is 10.5. The molecule has 2 heterocycles. The van der Waals surface area contributed by atoms with Gasteiger partial charge in [-0.05, 0) is 49.4 Å². The molecule has 10 nitrogen and oxygen atoms in total. The van der Waals surface area contributed by atoms with Gasteiger partial charge in [-0.3, -0.25) is 9.59 Å². The van der Waals surface area contributed by atoms with Crippen molar-refractivity contribution in [1.29, 1.82) is 0 Å². The van der Waals surface area contributed by atoms with E-state index in [1.807, 2.05) is 4.57 Å². The third kappa shape index (κ3) is 7.00. The Hall–Kier alpha value is -3.00. The minimum absolute atomic E-state index is 0.00412. The van der Waals surface area contributed by atoms with Crippen molar-refractivity contribution in [1.82, 2.24) is 4.57 Å². The number of anilines is 1. The van der Waals surface area contributed by atoms with Crippen molar-refractivity contribution in [2.75, 3.05) is 44.8 Å². The van der Waals surface area contributed by atoms with Gasteiger partial charge in [-0.2, -0.15) is 4.99 Å². The van der Waals surface area contributed by atoms with Crippen LogP contribution in [0.4, 0.5) is 5.00 Å². The van der Waals surface area contributed by atoms with Crippen LogP contribution in [0, 0.1) is 0 Å². The lowest BCUT2D eigenvalue weighted by molar-refractivity contribution is -0.115. The second kappa shape index (κ2) is 14.1. The number of hydrogen-bond donors (Lipinski definition) is 1. The Morgan fingerprint density at radius 3 is 2.52 bits per heavy atom. The van der Waals surface area contributed by atoms with Crippen LogP contribution in [0.15, 0.2) is 23.2 Å². The number of methoxy groups -OCH3 is 3. The number of carbonyl (C=O) groups is 4. The Bertz CT molecular complexity index is 1490. The first-order valence-electron chi connectivity index (χ1n) is 12.7. The number of fused-ring (bicyclic) bond motifs is 2. The Morgan fingerprint density at radius 1 is 1.00 bits per heavy atom. The lowest BCUT2D eigenvalue weighted by Gasteiger charge is -2.07. The zero-order valence-electron chi connectivity index (χ0n) is 22.6. The third-order valence-corrected chi connectivity index (χ3v) is 9.53. The molecule has 0 fully saturated rings. The molecule has 2 aromatic heterocycles. The minimum atomic E-state index is -0.445. The van der Waals surface area contributed by atoms with Crippen LogP contribution < -0.4 is 10.1 Å². The average molecular weight is 606 g/mol. The zero-order chi connectivity index (χ0) is 28.6. The molecular weight excluding hydrogens is 575 g/mol. The lowest BCUT2D eigenvalue weighted by Crippen LogP contribution is -2.20. The number of aromatic nitrogens is 1. The summed E-state index contributed by atoms with van der Waals surface area (Å²) in [4.78, 5) is 55.8. The molecule has 0 unspecified atom stereocenters. The molecule has 0 radical (unpaired) electrons. The van der Waals surface area contributed by atoms with Crippen LogP contribution in [0.1, 0.15) is 50.4 Å². The van der Waals surface area contributed by atoms with Gasteiger partial charge in [0.25, 0.3) is 5.91 Å². The van der Waals surface area contributed by atoms with Gasteiger partial charge in [0.15, 0.2) is 4.80 Å². The van der Waals surface area contributed by atoms with Crippen LogP contribution in [0.2, 0.25) is 0 Å². The number of rotatable bonds is 10. The minimum Gasteiger partial charge on any atom is -0.465 e. The molecule has 0 bridgehead atoms. The summed E-state index contributed by atoms with van der Waals surface area (Å²) in [6.45, 7) is 0.893. The van der Waals surface area contributed by atoms with Gasteiger partial charge in [0.2, 0.25) is 5.91 Å². The van der Waals surface area contributed by atoms with Crippen LogP contribution in [0.5, 0.6) is 0 Å². The monoisotopic (exact) mass is 605 g/mol. The maximum absolute atomic E-state index is 12.7. The molecule has 40 heavy (non-hydrogen) atoms. The first-order chi connectivity index (χ1) is 19.4. The van der Waals surface area contributed by atoms with E-state index in [-0.39, 0.29) is 23.3 Å². The fourth-order valence-corrected chi connectivity index (χ4v) is 7.49. The number of thiazole rings is 1. The molecule has 0 atom stereocenters. The number of carbonyl (C=O) groups excluding carboxylic acids is 4. The van der Waals surface area contributed by atoms with Gasteiger partial charge in [-0.15, -0.1) is 23.1 Å². The van der Waals surface area contributed by atoms with E-state index in [2.05, 4.69) is 10.3 Å². The molecular formula is C27H31N3O7S3. The lowest BCUT2D eigenvalue weighted by atomic mass is 10.1. The summed E-state index contributed by atoms with van der Waals surface area (Å²) in [5.41, 5.74) is 2.67. The number of esters is 2. The molecule has 0 aliphatic heterocycles. The molecule has 1 aliphatic rings. The van der Waals surface area contributed by atoms with Gasteiger partial charge in [-0.25, -0.2) is 9.59 Å². The predicted octanol–water partition coefficient (Wildman–Crippen LogP) is 4.05. The van der Waals surface area contributed by atoms with E-state index in [9.17, 15) is 19.2 Å². The molecule has 0 spiro atoms. The largest absolute Gasteiger partial charge is 0.465 e.